The number of methoxy groups -OCH3 is 1. The minimum Gasteiger partial charge on any atom is -0.497 e. The minimum atomic E-state index is -0.302. The lowest BCUT2D eigenvalue weighted by Gasteiger charge is -2.13. The highest BCUT2D eigenvalue weighted by Gasteiger charge is 2.17. The van der Waals surface area contributed by atoms with E-state index in [1.807, 2.05) is 56.3 Å². The van der Waals surface area contributed by atoms with E-state index in [4.69, 9.17) is 4.74 Å². The molecule has 0 atom stereocenters. The van der Waals surface area contributed by atoms with Crippen LogP contribution < -0.4 is 15.6 Å². The van der Waals surface area contributed by atoms with Gasteiger partial charge in [0.05, 0.1) is 12.5 Å². The number of benzene rings is 3. The van der Waals surface area contributed by atoms with Crippen LogP contribution in [-0.4, -0.2) is 22.8 Å². The molecule has 4 aromatic rings. The van der Waals surface area contributed by atoms with E-state index in [0.717, 1.165) is 22.1 Å². The molecular formula is C25H25N3O3. The number of ether oxygens (including phenoxy) is 1. The van der Waals surface area contributed by atoms with E-state index in [0.29, 0.717) is 23.9 Å². The third kappa shape index (κ3) is 4.28. The van der Waals surface area contributed by atoms with Crippen LogP contribution in [0.3, 0.4) is 0 Å². The Labute approximate surface area is 180 Å². The van der Waals surface area contributed by atoms with Gasteiger partial charge in [0.25, 0.3) is 11.5 Å². The van der Waals surface area contributed by atoms with Crippen molar-refractivity contribution in [3.63, 3.8) is 0 Å². The van der Waals surface area contributed by atoms with Gasteiger partial charge in [0.15, 0.2) is 5.69 Å². The molecule has 0 unspecified atom stereocenters. The normalized spacial score (nSPS) is 11.2. The molecule has 1 heterocycles. The Morgan fingerprint density at radius 2 is 1.74 bits per heavy atom. The number of carbonyl (C=O) groups excluding carboxylic acids is 1. The molecular weight excluding hydrogens is 390 g/mol. The molecule has 6 nitrogen and oxygen atoms in total. The van der Waals surface area contributed by atoms with Gasteiger partial charge in [-0.1, -0.05) is 50.2 Å². The standard InChI is InChI=1S/C25H25N3O3/c1-16(2)15-28-25(30)22-7-5-4-6-21(22)23(27-28)24(29)26-14-17-8-9-19-13-20(31-3)11-10-18(19)12-17/h4-13,16H,14-15H2,1-3H3,(H,26,29). The predicted octanol–water partition coefficient (Wildman–Crippen LogP) is 4.14. The van der Waals surface area contributed by atoms with Gasteiger partial charge < -0.3 is 10.1 Å². The van der Waals surface area contributed by atoms with Crippen molar-refractivity contribution in [3.8, 4) is 5.75 Å². The van der Waals surface area contributed by atoms with Crippen LogP contribution in [0, 0.1) is 5.92 Å². The highest BCUT2D eigenvalue weighted by atomic mass is 16.5. The Morgan fingerprint density at radius 3 is 2.48 bits per heavy atom. The van der Waals surface area contributed by atoms with E-state index in [1.54, 1.807) is 25.3 Å². The first kappa shape index (κ1) is 20.6. The van der Waals surface area contributed by atoms with Crippen LogP contribution in [0.4, 0.5) is 0 Å². The maximum atomic E-state index is 13.0. The largest absolute Gasteiger partial charge is 0.497 e. The van der Waals surface area contributed by atoms with Gasteiger partial charge in [0.2, 0.25) is 0 Å². The molecule has 6 heteroatoms. The van der Waals surface area contributed by atoms with Crippen LogP contribution >= 0.6 is 0 Å². The smallest absolute Gasteiger partial charge is 0.274 e. The summed E-state index contributed by atoms with van der Waals surface area (Å²) in [5.41, 5.74) is 1.07. The van der Waals surface area contributed by atoms with Crippen molar-refractivity contribution in [2.75, 3.05) is 7.11 Å². The molecule has 1 aromatic heterocycles. The van der Waals surface area contributed by atoms with Crippen LogP contribution in [0.25, 0.3) is 21.5 Å². The molecule has 0 saturated carbocycles. The Kier molecular flexibility index (Phi) is 5.71. The number of fused-ring (bicyclic) bond motifs is 2. The fourth-order valence-corrected chi connectivity index (χ4v) is 3.65. The van der Waals surface area contributed by atoms with Crippen LogP contribution in [0.5, 0.6) is 5.75 Å². The molecule has 4 rings (SSSR count). The van der Waals surface area contributed by atoms with Gasteiger partial charge in [-0.2, -0.15) is 5.10 Å². The molecule has 0 bridgehead atoms. The van der Waals surface area contributed by atoms with Crippen molar-refractivity contribution < 1.29 is 9.53 Å². The summed E-state index contributed by atoms with van der Waals surface area (Å²) in [6.45, 7) is 4.84. The summed E-state index contributed by atoms with van der Waals surface area (Å²) in [4.78, 5) is 25.8. The summed E-state index contributed by atoms with van der Waals surface area (Å²) in [5, 5.41) is 10.6. The van der Waals surface area contributed by atoms with Crippen molar-refractivity contribution in [3.05, 3.63) is 82.3 Å². The number of nitrogens with one attached hydrogen (secondary N) is 1. The fraction of sp³-hybridized carbons (Fsp3) is 0.240. The van der Waals surface area contributed by atoms with E-state index in [1.165, 1.54) is 4.68 Å². The molecule has 0 aliphatic heterocycles. The molecule has 3 aromatic carbocycles. The second kappa shape index (κ2) is 8.60. The minimum absolute atomic E-state index is 0.175. The van der Waals surface area contributed by atoms with Crippen molar-refractivity contribution >= 4 is 27.5 Å². The Hall–Kier alpha value is -3.67. The molecule has 0 spiro atoms. The first-order valence-electron chi connectivity index (χ1n) is 10.3. The fourth-order valence-electron chi connectivity index (χ4n) is 3.65. The zero-order valence-corrected chi connectivity index (χ0v) is 17.9. The van der Waals surface area contributed by atoms with Crippen molar-refractivity contribution in [1.82, 2.24) is 15.1 Å². The summed E-state index contributed by atoms with van der Waals surface area (Å²) >= 11 is 0. The van der Waals surface area contributed by atoms with Crippen molar-refractivity contribution in [1.29, 1.82) is 0 Å². The van der Waals surface area contributed by atoms with Gasteiger partial charge >= 0.3 is 0 Å². The molecule has 1 N–H and O–H groups in total. The van der Waals surface area contributed by atoms with Gasteiger partial charge in [0, 0.05) is 18.5 Å². The van der Waals surface area contributed by atoms with Crippen LogP contribution in [0.2, 0.25) is 0 Å². The van der Waals surface area contributed by atoms with Crippen LogP contribution in [-0.2, 0) is 13.1 Å². The van der Waals surface area contributed by atoms with Gasteiger partial charge in [-0.25, -0.2) is 4.68 Å². The van der Waals surface area contributed by atoms with Gasteiger partial charge in [-0.05, 0) is 46.5 Å². The molecule has 0 aliphatic rings. The zero-order chi connectivity index (χ0) is 22.0. The SMILES string of the molecule is COc1ccc2cc(CNC(=O)c3nn(CC(C)C)c(=O)c4ccccc34)ccc2c1. The second-order valence-corrected chi connectivity index (χ2v) is 8.01. The topological polar surface area (TPSA) is 73.2 Å². The summed E-state index contributed by atoms with van der Waals surface area (Å²) in [7, 11) is 1.65. The highest BCUT2D eigenvalue weighted by molar-refractivity contribution is 6.04. The molecule has 1 amide bonds. The van der Waals surface area contributed by atoms with Gasteiger partial charge in [-0.15, -0.1) is 0 Å². The molecule has 158 valence electrons. The van der Waals surface area contributed by atoms with E-state index in [9.17, 15) is 9.59 Å². The average molecular weight is 415 g/mol. The summed E-state index contributed by atoms with van der Waals surface area (Å²) in [5.74, 6) is 0.741. The third-order valence-electron chi connectivity index (χ3n) is 5.19. The summed E-state index contributed by atoms with van der Waals surface area (Å²) < 4.78 is 6.66. The predicted molar refractivity (Wildman–Crippen MR) is 123 cm³/mol. The van der Waals surface area contributed by atoms with Gasteiger partial charge in [-0.3, -0.25) is 9.59 Å². The van der Waals surface area contributed by atoms with Crippen molar-refractivity contribution in [2.45, 2.75) is 26.9 Å². The lowest BCUT2D eigenvalue weighted by molar-refractivity contribution is 0.0945. The number of hydrogen-bond acceptors (Lipinski definition) is 4. The first-order valence-corrected chi connectivity index (χ1v) is 10.3. The van der Waals surface area contributed by atoms with Gasteiger partial charge in [0.1, 0.15) is 5.75 Å². The Balaban J connectivity index is 1.62. The summed E-state index contributed by atoms with van der Waals surface area (Å²) in [6, 6.07) is 19.0. The van der Waals surface area contributed by atoms with Crippen molar-refractivity contribution in [2.24, 2.45) is 5.92 Å². The lowest BCUT2D eigenvalue weighted by Crippen LogP contribution is -2.31. The molecule has 0 fully saturated rings. The highest BCUT2D eigenvalue weighted by Crippen LogP contribution is 2.22. The van der Waals surface area contributed by atoms with E-state index >= 15 is 0 Å². The molecule has 0 aliphatic carbocycles. The molecule has 31 heavy (non-hydrogen) atoms. The third-order valence-corrected chi connectivity index (χ3v) is 5.19. The van der Waals surface area contributed by atoms with E-state index in [-0.39, 0.29) is 23.1 Å². The average Bonchev–Trinajstić information content (AvgIpc) is 2.78. The number of rotatable bonds is 6. The monoisotopic (exact) mass is 415 g/mol. The van der Waals surface area contributed by atoms with Crippen LogP contribution in [0.1, 0.15) is 29.9 Å². The van der Waals surface area contributed by atoms with Crippen LogP contribution in [0.15, 0.2) is 65.5 Å². The maximum absolute atomic E-state index is 13.0. The zero-order valence-electron chi connectivity index (χ0n) is 17.9. The molecule has 0 saturated heterocycles. The quantitative estimate of drug-likeness (QED) is 0.514. The second-order valence-electron chi connectivity index (χ2n) is 8.01. The molecule has 0 radical (unpaired) electrons. The number of aromatic nitrogens is 2. The number of hydrogen-bond donors (Lipinski definition) is 1. The first-order chi connectivity index (χ1) is 15.0. The number of amides is 1. The van der Waals surface area contributed by atoms with E-state index in [2.05, 4.69) is 10.4 Å². The summed E-state index contributed by atoms with van der Waals surface area (Å²) in [6.07, 6.45) is 0. The number of carbonyl (C=O) groups is 1. The maximum Gasteiger partial charge on any atom is 0.274 e. The Bertz CT molecular complexity index is 1320. The number of nitrogens with zero attached hydrogens (tertiary/aromatic N) is 2. The Morgan fingerprint density at radius 1 is 1.03 bits per heavy atom. The van der Waals surface area contributed by atoms with E-state index < -0.39 is 0 Å². The lowest BCUT2D eigenvalue weighted by atomic mass is 10.1.